The highest BCUT2D eigenvalue weighted by Gasteiger charge is 2.05. The van der Waals surface area contributed by atoms with E-state index < -0.39 is 4.92 Å². The second-order valence-electron chi connectivity index (χ2n) is 6.19. The Morgan fingerprint density at radius 2 is 2.04 bits per heavy atom. The molecule has 1 unspecified atom stereocenters. The first-order valence-corrected chi connectivity index (χ1v) is 8.95. The lowest BCUT2D eigenvalue weighted by Gasteiger charge is -2.10. The summed E-state index contributed by atoms with van der Waals surface area (Å²) in [6, 6.07) is 13.9. The minimum Gasteiger partial charge on any atom is -0.484 e. The van der Waals surface area contributed by atoms with Crippen LogP contribution < -0.4 is 10.2 Å². The Balaban J connectivity index is 1.76. The monoisotopic (exact) mass is 381 g/mol. The number of nitro groups is 1. The fraction of sp³-hybridized carbons (Fsp3) is 0.238. The van der Waals surface area contributed by atoms with E-state index in [1.54, 1.807) is 24.3 Å². The van der Waals surface area contributed by atoms with Gasteiger partial charge in [-0.2, -0.15) is 5.10 Å². The van der Waals surface area contributed by atoms with Crippen molar-refractivity contribution in [2.75, 3.05) is 6.61 Å². The number of non-ortho nitro benzene ring substituents is 1. The highest BCUT2D eigenvalue weighted by Crippen LogP contribution is 2.21. The van der Waals surface area contributed by atoms with Crippen LogP contribution in [0.2, 0.25) is 0 Å². The molecule has 7 nitrogen and oxygen atoms in total. The summed E-state index contributed by atoms with van der Waals surface area (Å²) >= 11 is 0. The molecule has 0 spiro atoms. The minimum atomic E-state index is -0.455. The molecule has 1 N–H and O–H groups in total. The molecule has 0 fully saturated rings. The average molecular weight is 381 g/mol. The molecule has 2 aromatic rings. The molecule has 0 aromatic heterocycles. The first-order valence-electron chi connectivity index (χ1n) is 8.95. The maximum atomic E-state index is 11.7. The van der Waals surface area contributed by atoms with E-state index in [9.17, 15) is 14.9 Å². The van der Waals surface area contributed by atoms with E-state index in [1.165, 1.54) is 23.9 Å². The van der Waals surface area contributed by atoms with E-state index in [4.69, 9.17) is 4.74 Å². The van der Waals surface area contributed by atoms with Gasteiger partial charge in [0.05, 0.1) is 4.92 Å². The molecular weight excluding hydrogens is 358 g/mol. The lowest BCUT2D eigenvalue weighted by Crippen LogP contribution is -2.24. The summed E-state index contributed by atoms with van der Waals surface area (Å²) in [5, 5.41) is 14.5. The van der Waals surface area contributed by atoms with E-state index in [-0.39, 0.29) is 18.2 Å². The van der Waals surface area contributed by atoms with E-state index in [0.717, 1.165) is 6.42 Å². The number of benzene rings is 2. The Labute approximate surface area is 163 Å². The van der Waals surface area contributed by atoms with Gasteiger partial charge in [-0.05, 0) is 41.7 Å². The molecule has 146 valence electrons. The smallest absolute Gasteiger partial charge is 0.277 e. The standard InChI is InChI=1S/C21H23N3O4/c1-3-16(2)18-9-11-20(12-10-18)28-15-21(25)23-22-13-5-7-17-6-4-8-19(14-17)24(26)27/h4-14,16H,3,15H2,1-2H3,(H,23,25)/b7-5+,22-13+. The van der Waals surface area contributed by atoms with Crippen LogP contribution in [-0.2, 0) is 4.79 Å². The fourth-order valence-corrected chi connectivity index (χ4v) is 2.36. The summed E-state index contributed by atoms with van der Waals surface area (Å²) < 4.78 is 5.43. The lowest BCUT2D eigenvalue weighted by molar-refractivity contribution is -0.384. The largest absolute Gasteiger partial charge is 0.484 e. The average Bonchev–Trinajstić information content (AvgIpc) is 2.72. The number of nitro benzene ring substituents is 1. The number of nitrogens with one attached hydrogen (secondary N) is 1. The van der Waals surface area contributed by atoms with Crippen molar-refractivity contribution in [3.05, 3.63) is 75.8 Å². The molecule has 2 aromatic carbocycles. The molecule has 0 saturated heterocycles. The Morgan fingerprint density at radius 3 is 2.71 bits per heavy atom. The van der Waals surface area contributed by atoms with Crippen LogP contribution in [0.15, 0.2) is 59.7 Å². The van der Waals surface area contributed by atoms with Crippen LogP contribution in [0, 0.1) is 10.1 Å². The Kier molecular flexibility index (Phi) is 7.90. The van der Waals surface area contributed by atoms with Gasteiger partial charge in [0.2, 0.25) is 0 Å². The lowest BCUT2D eigenvalue weighted by atomic mass is 9.99. The Hall–Kier alpha value is -3.48. The van der Waals surface area contributed by atoms with Crippen LogP contribution in [0.1, 0.15) is 37.3 Å². The molecule has 1 amide bonds. The predicted octanol–water partition coefficient (Wildman–Crippen LogP) is 4.30. The van der Waals surface area contributed by atoms with Gasteiger partial charge in [0.15, 0.2) is 6.61 Å². The summed E-state index contributed by atoms with van der Waals surface area (Å²) in [4.78, 5) is 22.0. The molecule has 7 heteroatoms. The van der Waals surface area contributed by atoms with Crippen LogP contribution >= 0.6 is 0 Å². The molecule has 0 saturated carbocycles. The quantitative estimate of drug-likeness (QED) is 0.398. The molecule has 0 heterocycles. The van der Waals surface area contributed by atoms with Gasteiger partial charge in [0.1, 0.15) is 5.75 Å². The number of nitrogens with zero attached hydrogens (tertiary/aromatic N) is 2. The summed E-state index contributed by atoms with van der Waals surface area (Å²) in [6.45, 7) is 4.15. The molecule has 0 aliphatic rings. The molecule has 0 aliphatic heterocycles. The van der Waals surface area contributed by atoms with Crippen molar-refractivity contribution in [1.82, 2.24) is 5.43 Å². The molecule has 0 bridgehead atoms. The molecular formula is C21H23N3O4. The van der Waals surface area contributed by atoms with Crippen molar-refractivity contribution in [2.45, 2.75) is 26.2 Å². The van der Waals surface area contributed by atoms with Gasteiger partial charge in [-0.1, -0.05) is 44.2 Å². The summed E-state index contributed by atoms with van der Waals surface area (Å²) in [5.41, 5.74) is 4.27. The number of hydrogen-bond donors (Lipinski definition) is 1. The number of carbonyl (C=O) groups is 1. The van der Waals surface area contributed by atoms with Gasteiger partial charge in [-0.25, -0.2) is 5.43 Å². The van der Waals surface area contributed by atoms with Crippen molar-refractivity contribution in [2.24, 2.45) is 5.10 Å². The minimum absolute atomic E-state index is 0.0155. The van der Waals surface area contributed by atoms with E-state index >= 15 is 0 Å². The third-order valence-electron chi connectivity index (χ3n) is 4.15. The first-order chi connectivity index (χ1) is 13.5. The summed E-state index contributed by atoms with van der Waals surface area (Å²) in [5.74, 6) is 0.726. The summed E-state index contributed by atoms with van der Waals surface area (Å²) in [7, 11) is 0. The van der Waals surface area contributed by atoms with E-state index in [1.807, 2.05) is 24.3 Å². The van der Waals surface area contributed by atoms with Crippen molar-refractivity contribution in [3.8, 4) is 5.75 Å². The van der Waals surface area contributed by atoms with Crippen LogP contribution in [0.4, 0.5) is 5.69 Å². The molecule has 2 rings (SSSR count). The van der Waals surface area contributed by atoms with E-state index in [0.29, 0.717) is 17.2 Å². The maximum Gasteiger partial charge on any atom is 0.277 e. The fourth-order valence-electron chi connectivity index (χ4n) is 2.36. The van der Waals surface area contributed by atoms with Crippen molar-refractivity contribution in [3.63, 3.8) is 0 Å². The predicted molar refractivity (Wildman–Crippen MR) is 109 cm³/mol. The van der Waals surface area contributed by atoms with Crippen LogP contribution in [0.5, 0.6) is 5.75 Å². The SMILES string of the molecule is CCC(C)c1ccc(OCC(=O)N/N=C/C=C/c2cccc([N+](=O)[O-])c2)cc1. The van der Waals surface area contributed by atoms with E-state index in [2.05, 4.69) is 24.4 Å². The number of carbonyl (C=O) groups excluding carboxylic acids is 1. The topological polar surface area (TPSA) is 93.8 Å². The first kappa shape index (κ1) is 20.8. The zero-order chi connectivity index (χ0) is 20.4. The second kappa shape index (κ2) is 10.6. The zero-order valence-corrected chi connectivity index (χ0v) is 15.9. The molecule has 0 aliphatic carbocycles. The summed E-state index contributed by atoms with van der Waals surface area (Å²) in [6.07, 6.45) is 5.68. The second-order valence-corrected chi connectivity index (χ2v) is 6.19. The van der Waals surface area contributed by atoms with Gasteiger partial charge < -0.3 is 4.74 Å². The number of rotatable bonds is 9. The third kappa shape index (κ3) is 6.68. The normalized spacial score (nSPS) is 12.2. The van der Waals surface area contributed by atoms with Crippen molar-refractivity contribution >= 4 is 23.9 Å². The number of hydrazone groups is 1. The van der Waals surface area contributed by atoms with Gasteiger partial charge in [0, 0.05) is 18.3 Å². The number of allylic oxidation sites excluding steroid dienone is 1. The number of hydrogen-bond acceptors (Lipinski definition) is 5. The zero-order valence-electron chi connectivity index (χ0n) is 15.9. The highest BCUT2D eigenvalue weighted by atomic mass is 16.6. The van der Waals surface area contributed by atoms with Gasteiger partial charge >= 0.3 is 0 Å². The van der Waals surface area contributed by atoms with Crippen molar-refractivity contribution < 1.29 is 14.5 Å². The number of ether oxygens (including phenoxy) is 1. The van der Waals surface area contributed by atoms with Crippen LogP contribution in [-0.4, -0.2) is 23.7 Å². The van der Waals surface area contributed by atoms with Gasteiger partial charge in [-0.3, -0.25) is 14.9 Å². The van der Waals surface area contributed by atoms with Gasteiger partial charge in [0.25, 0.3) is 11.6 Å². The third-order valence-corrected chi connectivity index (χ3v) is 4.15. The molecule has 1 atom stereocenters. The Bertz CT molecular complexity index is 860. The highest BCUT2D eigenvalue weighted by molar-refractivity contribution is 5.82. The van der Waals surface area contributed by atoms with Gasteiger partial charge in [-0.15, -0.1) is 0 Å². The van der Waals surface area contributed by atoms with Crippen LogP contribution in [0.25, 0.3) is 6.08 Å². The van der Waals surface area contributed by atoms with Crippen molar-refractivity contribution in [1.29, 1.82) is 0 Å². The Morgan fingerprint density at radius 1 is 1.29 bits per heavy atom. The number of amides is 1. The maximum absolute atomic E-state index is 11.7. The van der Waals surface area contributed by atoms with Crippen LogP contribution in [0.3, 0.4) is 0 Å². The molecule has 0 radical (unpaired) electrons. The molecule has 28 heavy (non-hydrogen) atoms.